The Labute approximate surface area is 105 Å². The van der Waals surface area contributed by atoms with Gasteiger partial charge < -0.3 is 21.5 Å². The second-order valence-electron chi connectivity index (χ2n) is 4.65. The van der Waals surface area contributed by atoms with E-state index in [0.717, 1.165) is 6.54 Å². The number of nitrogens with one attached hydrogen (secondary N) is 2. The van der Waals surface area contributed by atoms with Gasteiger partial charge in [-0.05, 0) is 26.3 Å². The molecular weight excluding hydrogens is 238 g/mol. The van der Waals surface area contributed by atoms with Crippen molar-refractivity contribution in [3.63, 3.8) is 0 Å². The van der Waals surface area contributed by atoms with Gasteiger partial charge in [-0.25, -0.2) is 4.79 Å². The number of primary amides is 1. The fourth-order valence-electron chi connectivity index (χ4n) is 2.06. The zero-order chi connectivity index (χ0) is 13.7. The van der Waals surface area contributed by atoms with Gasteiger partial charge in [-0.15, -0.1) is 0 Å². The monoisotopic (exact) mass is 257 g/mol. The Bertz CT molecular complexity index is 345. The molecule has 7 nitrogen and oxygen atoms in total. The number of carboxylic acid groups (broad SMARTS) is 1. The van der Waals surface area contributed by atoms with E-state index in [0.29, 0.717) is 12.8 Å². The summed E-state index contributed by atoms with van der Waals surface area (Å²) in [7, 11) is 0. The van der Waals surface area contributed by atoms with Crippen LogP contribution in [0.25, 0.3) is 0 Å². The molecule has 0 aliphatic carbocycles. The second kappa shape index (κ2) is 6.34. The van der Waals surface area contributed by atoms with Crippen molar-refractivity contribution in [1.82, 2.24) is 10.6 Å². The Morgan fingerprint density at radius 2 is 2.17 bits per heavy atom. The number of hydrogen-bond donors (Lipinski definition) is 4. The van der Waals surface area contributed by atoms with Crippen molar-refractivity contribution in [3.8, 4) is 0 Å². The molecule has 7 heteroatoms. The minimum atomic E-state index is -1.25. The zero-order valence-electron chi connectivity index (χ0n) is 10.3. The topological polar surface area (TPSA) is 122 Å². The maximum absolute atomic E-state index is 11.9. The molecule has 5 N–H and O–H groups in total. The van der Waals surface area contributed by atoms with Gasteiger partial charge in [-0.3, -0.25) is 9.59 Å². The highest BCUT2D eigenvalue weighted by Gasteiger charge is 2.29. The third-order valence-electron chi connectivity index (χ3n) is 3.01. The van der Waals surface area contributed by atoms with Gasteiger partial charge in [0.05, 0.1) is 6.42 Å². The van der Waals surface area contributed by atoms with Crippen LogP contribution in [0.3, 0.4) is 0 Å². The largest absolute Gasteiger partial charge is 0.480 e. The summed E-state index contributed by atoms with van der Waals surface area (Å²) in [6, 6.07) is -1.01. The van der Waals surface area contributed by atoms with Gasteiger partial charge in [0.15, 0.2) is 0 Å². The molecule has 0 spiro atoms. The number of amides is 2. The number of piperidine rings is 1. The van der Waals surface area contributed by atoms with E-state index in [4.69, 9.17) is 10.8 Å². The van der Waals surface area contributed by atoms with E-state index in [1.165, 1.54) is 0 Å². The van der Waals surface area contributed by atoms with Crippen LogP contribution in [-0.4, -0.2) is 41.5 Å². The summed E-state index contributed by atoms with van der Waals surface area (Å²) in [6.45, 7) is 2.70. The van der Waals surface area contributed by atoms with Crippen LogP contribution in [0.1, 0.15) is 26.2 Å². The average Bonchev–Trinajstić information content (AvgIpc) is 2.27. The lowest BCUT2D eigenvalue weighted by Gasteiger charge is -2.28. The van der Waals surface area contributed by atoms with Crippen LogP contribution >= 0.6 is 0 Å². The molecule has 1 heterocycles. The third kappa shape index (κ3) is 4.33. The van der Waals surface area contributed by atoms with Gasteiger partial charge in [0.2, 0.25) is 11.8 Å². The molecule has 0 bridgehead atoms. The summed E-state index contributed by atoms with van der Waals surface area (Å²) in [4.78, 5) is 33.5. The fourth-order valence-corrected chi connectivity index (χ4v) is 2.06. The Morgan fingerprint density at radius 3 is 2.67 bits per heavy atom. The van der Waals surface area contributed by atoms with E-state index in [2.05, 4.69) is 10.6 Å². The van der Waals surface area contributed by atoms with Crippen LogP contribution in [0.4, 0.5) is 0 Å². The number of nitrogens with two attached hydrogens (primary N) is 1. The standard InChI is InChI=1S/C11H19N3O4/c1-6-4-7(2-3-13-6)10(16)14-8(11(17)18)5-9(12)15/h6-8,13H,2-5H2,1H3,(H2,12,15)(H,14,16)(H,17,18). The molecule has 18 heavy (non-hydrogen) atoms. The van der Waals surface area contributed by atoms with E-state index in [1.807, 2.05) is 6.92 Å². The van der Waals surface area contributed by atoms with Crippen molar-refractivity contribution >= 4 is 17.8 Å². The number of aliphatic carboxylic acids is 1. The molecule has 0 aromatic heterocycles. The van der Waals surface area contributed by atoms with Crippen molar-refractivity contribution in [1.29, 1.82) is 0 Å². The molecule has 0 radical (unpaired) electrons. The summed E-state index contributed by atoms with van der Waals surface area (Å²) >= 11 is 0. The Kier molecular flexibility index (Phi) is 5.08. The molecule has 1 rings (SSSR count). The Hall–Kier alpha value is -1.63. The number of carboxylic acids is 1. The quantitative estimate of drug-likeness (QED) is 0.494. The molecule has 3 unspecified atom stereocenters. The smallest absolute Gasteiger partial charge is 0.326 e. The van der Waals surface area contributed by atoms with Gasteiger partial charge in [0, 0.05) is 12.0 Å². The maximum atomic E-state index is 11.9. The van der Waals surface area contributed by atoms with E-state index < -0.39 is 17.9 Å². The minimum absolute atomic E-state index is 0.212. The van der Waals surface area contributed by atoms with Crippen molar-refractivity contribution in [3.05, 3.63) is 0 Å². The summed E-state index contributed by atoms with van der Waals surface area (Å²) < 4.78 is 0. The van der Waals surface area contributed by atoms with Gasteiger partial charge in [0.1, 0.15) is 6.04 Å². The molecule has 1 fully saturated rings. The predicted octanol–water partition coefficient (Wildman–Crippen LogP) is -1.18. The van der Waals surface area contributed by atoms with Crippen LogP contribution in [0.2, 0.25) is 0 Å². The first-order valence-electron chi connectivity index (χ1n) is 5.95. The van der Waals surface area contributed by atoms with Crippen LogP contribution in [-0.2, 0) is 14.4 Å². The summed E-state index contributed by atoms with van der Waals surface area (Å²) in [5, 5.41) is 14.5. The molecular formula is C11H19N3O4. The number of carbonyl (C=O) groups is 3. The first-order valence-corrected chi connectivity index (χ1v) is 5.95. The van der Waals surface area contributed by atoms with Crippen molar-refractivity contribution in [2.75, 3.05) is 6.54 Å². The molecule has 0 saturated carbocycles. The highest BCUT2D eigenvalue weighted by Crippen LogP contribution is 2.16. The van der Waals surface area contributed by atoms with Gasteiger partial charge in [0.25, 0.3) is 0 Å². The predicted molar refractivity (Wildman–Crippen MR) is 63.6 cm³/mol. The fraction of sp³-hybridized carbons (Fsp3) is 0.727. The maximum Gasteiger partial charge on any atom is 0.326 e. The van der Waals surface area contributed by atoms with Crippen LogP contribution in [0, 0.1) is 5.92 Å². The van der Waals surface area contributed by atoms with Crippen molar-refractivity contribution < 1.29 is 19.5 Å². The lowest BCUT2D eigenvalue weighted by molar-refractivity contribution is -0.144. The van der Waals surface area contributed by atoms with Crippen molar-refractivity contribution in [2.45, 2.75) is 38.3 Å². The second-order valence-corrected chi connectivity index (χ2v) is 4.65. The molecule has 1 saturated heterocycles. The number of hydrogen-bond acceptors (Lipinski definition) is 4. The van der Waals surface area contributed by atoms with E-state index >= 15 is 0 Å². The first-order chi connectivity index (χ1) is 8.40. The minimum Gasteiger partial charge on any atom is -0.480 e. The summed E-state index contributed by atoms with van der Waals surface area (Å²) in [5.41, 5.74) is 4.94. The average molecular weight is 257 g/mol. The van der Waals surface area contributed by atoms with E-state index in [-0.39, 0.29) is 24.3 Å². The van der Waals surface area contributed by atoms with Crippen LogP contribution in [0.15, 0.2) is 0 Å². The molecule has 3 atom stereocenters. The zero-order valence-corrected chi connectivity index (χ0v) is 10.3. The third-order valence-corrected chi connectivity index (χ3v) is 3.01. The normalized spacial score (nSPS) is 25.2. The molecule has 1 aliphatic heterocycles. The summed E-state index contributed by atoms with van der Waals surface area (Å²) in [5.74, 6) is -2.53. The highest BCUT2D eigenvalue weighted by molar-refractivity contribution is 5.88. The summed E-state index contributed by atoms with van der Waals surface area (Å²) in [6.07, 6.45) is 0.940. The first kappa shape index (κ1) is 14.4. The molecule has 0 aromatic rings. The van der Waals surface area contributed by atoms with E-state index in [9.17, 15) is 14.4 Å². The SMILES string of the molecule is CC1CC(C(=O)NC(CC(N)=O)C(=O)O)CCN1. The number of rotatable bonds is 5. The molecule has 1 aliphatic rings. The molecule has 0 aromatic carbocycles. The van der Waals surface area contributed by atoms with Crippen LogP contribution < -0.4 is 16.4 Å². The molecule has 102 valence electrons. The van der Waals surface area contributed by atoms with Crippen LogP contribution in [0.5, 0.6) is 0 Å². The highest BCUT2D eigenvalue weighted by atomic mass is 16.4. The van der Waals surface area contributed by atoms with Gasteiger partial charge >= 0.3 is 5.97 Å². The van der Waals surface area contributed by atoms with E-state index in [1.54, 1.807) is 0 Å². The Balaban J connectivity index is 2.54. The van der Waals surface area contributed by atoms with Crippen molar-refractivity contribution in [2.24, 2.45) is 11.7 Å². The van der Waals surface area contributed by atoms with Gasteiger partial charge in [-0.1, -0.05) is 0 Å². The lowest BCUT2D eigenvalue weighted by atomic mass is 9.92. The Morgan fingerprint density at radius 1 is 1.50 bits per heavy atom. The molecule has 2 amide bonds. The lowest BCUT2D eigenvalue weighted by Crippen LogP contribution is -2.48. The van der Waals surface area contributed by atoms with Gasteiger partial charge in [-0.2, -0.15) is 0 Å². The number of carbonyl (C=O) groups excluding carboxylic acids is 2.